The van der Waals surface area contributed by atoms with E-state index in [4.69, 9.17) is 14.2 Å². The molecule has 6 nitrogen and oxygen atoms in total. The third kappa shape index (κ3) is 2.93. The average molecular weight is 295 g/mol. The number of aromatic nitrogens is 2. The van der Waals surface area contributed by atoms with Crippen molar-refractivity contribution in [2.75, 3.05) is 26.9 Å². The van der Waals surface area contributed by atoms with Crippen LogP contribution in [0.25, 0.3) is 0 Å². The average Bonchev–Trinajstić information content (AvgIpc) is 3.09. The first-order chi connectivity index (χ1) is 10.2. The first kappa shape index (κ1) is 14.8. The zero-order chi connectivity index (χ0) is 14.8. The quantitative estimate of drug-likeness (QED) is 0.842. The highest BCUT2D eigenvalue weighted by Gasteiger charge is 2.34. The van der Waals surface area contributed by atoms with Crippen LogP contribution in [0, 0.1) is 6.92 Å². The van der Waals surface area contributed by atoms with Crippen LogP contribution in [0.15, 0.2) is 0 Å². The van der Waals surface area contributed by atoms with Crippen molar-refractivity contribution < 1.29 is 14.2 Å². The van der Waals surface area contributed by atoms with Gasteiger partial charge in [-0.1, -0.05) is 6.42 Å². The van der Waals surface area contributed by atoms with Crippen molar-refractivity contribution in [2.24, 2.45) is 7.05 Å². The molecule has 1 aromatic rings. The monoisotopic (exact) mass is 295 g/mol. The van der Waals surface area contributed by atoms with Crippen molar-refractivity contribution in [1.82, 2.24) is 14.7 Å². The van der Waals surface area contributed by atoms with Crippen LogP contribution in [0.4, 0.5) is 0 Å². The van der Waals surface area contributed by atoms with Gasteiger partial charge in [-0.05, 0) is 26.3 Å². The lowest BCUT2D eigenvalue weighted by atomic mass is 10.0. The molecule has 0 aliphatic carbocycles. The number of hydrogen-bond donors (Lipinski definition) is 0. The Kier molecular flexibility index (Phi) is 4.47. The first-order valence-corrected chi connectivity index (χ1v) is 7.74. The molecular weight excluding hydrogens is 270 g/mol. The van der Waals surface area contributed by atoms with Gasteiger partial charge in [-0.25, -0.2) is 4.68 Å². The number of methoxy groups -OCH3 is 1. The zero-order valence-electron chi connectivity index (χ0n) is 13.2. The van der Waals surface area contributed by atoms with Gasteiger partial charge in [0.05, 0.1) is 37.6 Å². The Bertz CT molecular complexity index is 483. The lowest BCUT2D eigenvalue weighted by Gasteiger charge is -2.37. The maximum absolute atomic E-state index is 5.74. The van der Waals surface area contributed by atoms with Gasteiger partial charge in [0.15, 0.2) is 6.29 Å². The Labute approximate surface area is 126 Å². The fourth-order valence-corrected chi connectivity index (χ4v) is 3.44. The maximum atomic E-state index is 5.74. The van der Waals surface area contributed by atoms with E-state index in [1.165, 1.54) is 18.4 Å². The molecule has 0 unspecified atom stereocenters. The van der Waals surface area contributed by atoms with Gasteiger partial charge in [0.1, 0.15) is 0 Å². The van der Waals surface area contributed by atoms with E-state index in [0.717, 1.165) is 31.1 Å². The van der Waals surface area contributed by atoms with E-state index in [9.17, 15) is 0 Å². The molecule has 6 heteroatoms. The van der Waals surface area contributed by atoms with E-state index in [2.05, 4.69) is 10.00 Å². The van der Waals surface area contributed by atoms with E-state index < -0.39 is 0 Å². The van der Waals surface area contributed by atoms with Gasteiger partial charge in [0.2, 0.25) is 5.88 Å². The van der Waals surface area contributed by atoms with Crippen molar-refractivity contribution in [3.05, 3.63) is 11.3 Å². The largest absolute Gasteiger partial charge is 0.481 e. The lowest BCUT2D eigenvalue weighted by Crippen LogP contribution is -2.46. The van der Waals surface area contributed by atoms with E-state index in [1.54, 1.807) is 7.11 Å². The molecule has 0 spiro atoms. The van der Waals surface area contributed by atoms with Crippen LogP contribution >= 0.6 is 0 Å². The molecule has 2 fully saturated rings. The van der Waals surface area contributed by atoms with Crippen molar-refractivity contribution >= 4 is 0 Å². The first-order valence-electron chi connectivity index (χ1n) is 7.74. The Morgan fingerprint density at radius 3 is 2.76 bits per heavy atom. The van der Waals surface area contributed by atoms with Crippen molar-refractivity contribution in [3.63, 3.8) is 0 Å². The summed E-state index contributed by atoms with van der Waals surface area (Å²) in [6.07, 6.45) is 3.53. The Balaban J connectivity index is 1.78. The SMILES string of the molecule is COc1c(CN2CCCC[C@@H]2C2OCCO2)c(C)nn1C. The Hall–Kier alpha value is -1.11. The van der Waals surface area contributed by atoms with Gasteiger partial charge in [-0.15, -0.1) is 0 Å². The smallest absolute Gasteiger partial charge is 0.216 e. The predicted octanol–water partition coefficient (Wildman–Crippen LogP) is 1.46. The van der Waals surface area contributed by atoms with E-state index in [0.29, 0.717) is 19.3 Å². The zero-order valence-corrected chi connectivity index (χ0v) is 13.2. The molecule has 3 rings (SSSR count). The predicted molar refractivity (Wildman–Crippen MR) is 78.2 cm³/mol. The molecule has 2 aliphatic rings. The molecule has 3 heterocycles. The standard InChI is InChI=1S/C15H25N3O3/c1-11-12(14(19-3)17(2)16-11)10-18-7-5-4-6-13(18)15-20-8-9-21-15/h13,15H,4-10H2,1-3H3/t13-/m1/s1. The van der Waals surface area contributed by atoms with Crippen LogP contribution in [0.3, 0.4) is 0 Å². The fraction of sp³-hybridized carbons (Fsp3) is 0.800. The Morgan fingerprint density at radius 2 is 2.05 bits per heavy atom. The molecule has 2 aliphatic heterocycles. The van der Waals surface area contributed by atoms with Crippen LogP contribution in [-0.4, -0.2) is 53.9 Å². The van der Waals surface area contributed by atoms with Gasteiger partial charge in [-0.3, -0.25) is 4.90 Å². The third-order valence-corrected chi connectivity index (χ3v) is 4.47. The maximum Gasteiger partial charge on any atom is 0.216 e. The highest BCUT2D eigenvalue weighted by molar-refractivity contribution is 5.31. The normalized spacial score (nSPS) is 24.6. The number of ether oxygens (including phenoxy) is 3. The molecule has 1 aromatic heterocycles. The molecule has 0 aromatic carbocycles. The summed E-state index contributed by atoms with van der Waals surface area (Å²) in [5, 5.41) is 4.47. The molecule has 1 atom stereocenters. The van der Waals surface area contributed by atoms with Gasteiger partial charge >= 0.3 is 0 Å². The minimum atomic E-state index is -0.0757. The highest BCUT2D eigenvalue weighted by Crippen LogP contribution is 2.29. The van der Waals surface area contributed by atoms with Crippen LogP contribution in [0.5, 0.6) is 5.88 Å². The fourth-order valence-electron chi connectivity index (χ4n) is 3.44. The highest BCUT2D eigenvalue weighted by atomic mass is 16.7. The summed E-state index contributed by atoms with van der Waals surface area (Å²) in [5.41, 5.74) is 2.21. The van der Waals surface area contributed by atoms with Crippen LogP contribution < -0.4 is 4.74 Å². The second-order valence-electron chi connectivity index (χ2n) is 5.84. The van der Waals surface area contributed by atoms with Crippen LogP contribution in [0.1, 0.15) is 30.5 Å². The van der Waals surface area contributed by atoms with E-state index in [-0.39, 0.29) is 6.29 Å². The number of piperidine rings is 1. The van der Waals surface area contributed by atoms with E-state index in [1.807, 2.05) is 18.7 Å². The molecule has 2 saturated heterocycles. The van der Waals surface area contributed by atoms with Gasteiger partial charge in [0.25, 0.3) is 0 Å². The molecule has 0 saturated carbocycles. The van der Waals surface area contributed by atoms with Crippen LogP contribution in [0.2, 0.25) is 0 Å². The number of likely N-dealkylation sites (tertiary alicyclic amines) is 1. The molecule has 0 bridgehead atoms. The third-order valence-electron chi connectivity index (χ3n) is 4.47. The summed E-state index contributed by atoms with van der Waals surface area (Å²) in [4.78, 5) is 2.46. The summed E-state index contributed by atoms with van der Waals surface area (Å²) >= 11 is 0. The number of hydrogen-bond acceptors (Lipinski definition) is 5. The Morgan fingerprint density at radius 1 is 1.29 bits per heavy atom. The summed E-state index contributed by atoms with van der Waals surface area (Å²) in [6, 6.07) is 0.338. The molecule has 21 heavy (non-hydrogen) atoms. The molecule has 0 amide bonds. The topological polar surface area (TPSA) is 48.8 Å². The minimum absolute atomic E-state index is 0.0757. The summed E-state index contributed by atoms with van der Waals surface area (Å²) in [7, 11) is 3.63. The second-order valence-corrected chi connectivity index (χ2v) is 5.84. The van der Waals surface area contributed by atoms with Gasteiger partial charge in [-0.2, -0.15) is 5.10 Å². The second kappa shape index (κ2) is 6.34. The van der Waals surface area contributed by atoms with Gasteiger partial charge < -0.3 is 14.2 Å². The molecule has 0 N–H and O–H groups in total. The van der Waals surface area contributed by atoms with E-state index >= 15 is 0 Å². The van der Waals surface area contributed by atoms with Crippen molar-refractivity contribution in [2.45, 2.75) is 45.1 Å². The van der Waals surface area contributed by atoms with Crippen molar-refractivity contribution in [1.29, 1.82) is 0 Å². The lowest BCUT2D eigenvalue weighted by molar-refractivity contribution is -0.111. The molecule has 118 valence electrons. The summed E-state index contributed by atoms with van der Waals surface area (Å²) < 4.78 is 18.8. The number of aryl methyl sites for hydroxylation is 2. The van der Waals surface area contributed by atoms with Crippen LogP contribution in [-0.2, 0) is 23.1 Å². The van der Waals surface area contributed by atoms with Gasteiger partial charge in [0, 0.05) is 13.6 Å². The van der Waals surface area contributed by atoms with Crippen molar-refractivity contribution in [3.8, 4) is 5.88 Å². The summed E-state index contributed by atoms with van der Waals surface area (Å²) in [5.74, 6) is 0.852. The molecular formula is C15H25N3O3. The molecule has 0 radical (unpaired) electrons. The minimum Gasteiger partial charge on any atom is -0.481 e. The summed E-state index contributed by atoms with van der Waals surface area (Å²) in [6.45, 7) is 5.38. The number of rotatable bonds is 4. The number of nitrogens with zero attached hydrogens (tertiary/aromatic N) is 3.